The van der Waals surface area contributed by atoms with Crippen molar-refractivity contribution in [2.24, 2.45) is 11.1 Å². The SMILES string of the molecule is CC1(CNC(=O)[C@@H](N)Cc2c[nH]c3ccccc23)CC1.Cl. The molecule has 0 bridgehead atoms. The number of fused-ring (bicyclic) bond motifs is 1. The first-order valence-corrected chi connectivity index (χ1v) is 7.16. The maximum Gasteiger partial charge on any atom is 0.237 e. The number of hydrogen-bond acceptors (Lipinski definition) is 2. The lowest BCUT2D eigenvalue weighted by molar-refractivity contribution is -0.122. The zero-order valence-electron chi connectivity index (χ0n) is 12.2. The average Bonchev–Trinajstić information content (AvgIpc) is 3.06. The average molecular weight is 308 g/mol. The molecule has 0 spiro atoms. The van der Waals surface area contributed by atoms with Crippen molar-refractivity contribution >= 4 is 29.2 Å². The van der Waals surface area contributed by atoms with Gasteiger partial charge in [-0.3, -0.25) is 4.79 Å². The van der Waals surface area contributed by atoms with Crippen molar-refractivity contribution in [2.45, 2.75) is 32.2 Å². The molecule has 1 aromatic carbocycles. The summed E-state index contributed by atoms with van der Waals surface area (Å²) in [7, 11) is 0. The second kappa shape index (κ2) is 6.08. The smallest absolute Gasteiger partial charge is 0.237 e. The molecule has 1 atom stereocenters. The number of nitrogens with one attached hydrogen (secondary N) is 2. The van der Waals surface area contributed by atoms with E-state index < -0.39 is 6.04 Å². The Morgan fingerprint density at radius 2 is 2.14 bits per heavy atom. The third kappa shape index (κ3) is 3.57. The van der Waals surface area contributed by atoms with Gasteiger partial charge in [0.25, 0.3) is 0 Å². The summed E-state index contributed by atoms with van der Waals surface area (Å²) >= 11 is 0. The Balaban J connectivity index is 0.00000161. The van der Waals surface area contributed by atoms with Gasteiger partial charge in [0.15, 0.2) is 0 Å². The number of halogens is 1. The van der Waals surface area contributed by atoms with Crippen LogP contribution in [0.15, 0.2) is 30.5 Å². The summed E-state index contributed by atoms with van der Waals surface area (Å²) in [5.74, 6) is -0.0524. The predicted octanol–water partition coefficient (Wildman–Crippen LogP) is 2.38. The second-order valence-electron chi connectivity index (χ2n) is 6.20. The molecule has 0 aliphatic heterocycles. The van der Waals surface area contributed by atoms with Gasteiger partial charge in [-0.1, -0.05) is 25.1 Å². The molecule has 114 valence electrons. The molecule has 1 aliphatic rings. The lowest BCUT2D eigenvalue weighted by Gasteiger charge is -2.14. The normalized spacial score (nSPS) is 17.0. The number of carbonyl (C=O) groups is 1. The second-order valence-corrected chi connectivity index (χ2v) is 6.20. The molecule has 1 saturated carbocycles. The van der Waals surface area contributed by atoms with Crippen LogP contribution in [0.5, 0.6) is 0 Å². The maximum atomic E-state index is 12.0. The Morgan fingerprint density at radius 1 is 1.43 bits per heavy atom. The van der Waals surface area contributed by atoms with Crippen molar-refractivity contribution in [3.05, 3.63) is 36.0 Å². The van der Waals surface area contributed by atoms with Gasteiger partial charge in [-0.05, 0) is 36.3 Å². The van der Waals surface area contributed by atoms with E-state index in [1.165, 1.54) is 12.8 Å². The molecule has 4 nitrogen and oxygen atoms in total. The van der Waals surface area contributed by atoms with Crippen LogP contribution < -0.4 is 11.1 Å². The number of H-pyrrole nitrogens is 1. The number of benzene rings is 1. The van der Waals surface area contributed by atoms with Crippen LogP contribution in [0.25, 0.3) is 10.9 Å². The van der Waals surface area contributed by atoms with E-state index in [1.54, 1.807) is 0 Å². The van der Waals surface area contributed by atoms with Crippen molar-refractivity contribution in [2.75, 3.05) is 6.54 Å². The van der Waals surface area contributed by atoms with Crippen LogP contribution in [0.2, 0.25) is 0 Å². The Kier molecular flexibility index (Phi) is 4.59. The molecular weight excluding hydrogens is 286 g/mol. The molecule has 4 N–H and O–H groups in total. The minimum absolute atomic E-state index is 0. The van der Waals surface area contributed by atoms with Gasteiger partial charge in [-0.25, -0.2) is 0 Å². The molecular formula is C16H22ClN3O. The van der Waals surface area contributed by atoms with E-state index in [2.05, 4.69) is 23.3 Å². The van der Waals surface area contributed by atoms with Crippen molar-refractivity contribution in [1.29, 1.82) is 0 Å². The Labute approximate surface area is 130 Å². The Bertz CT molecular complexity index is 633. The first kappa shape index (κ1) is 15.9. The fourth-order valence-corrected chi connectivity index (χ4v) is 2.45. The van der Waals surface area contributed by atoms with Crippen molar-refractivity contribution in [1.82, 2.24) is 10.3 Å². The number of para-hydroxylation sites is 1. The summed E-state index contributed by atoms with van der Waals surface area (Å²) in [6.45, 7) is 2.94. The van der Waals surface area contributed by atoms with Gasteiger partial charge >= 0.3 is 0 Å². The van der Waals surface area contributed by atoms with Gasteiger partial charge in [-0.15, -0.1) is 12.4 Å². The molecule has 0 unspecified atom stereocenters. The Hall–Kier alpha value is -1.52. The van der Waals surface area contributed by atoms with Crippen LogP contribution in [0.3, 0.4) is 0 Å². The number of carbonyl (C=O) groups excluding carboxylic acids is 1. The van der Waals surface area contributed by atoms with E-state index in [4.69, 9.17) is 5.73 Å². The predicted molar refractivity (Wildman–Crippen MR) is 87.6 cm³/mol. The minimum atomic E-state index is -0.489. The van der Waals surface area contributed by atoms with E-state index in [0.717, 1.165) is 23.0 Å². The van der Waals surface area contributed by atoms with E-state index in [9.17, 15) is 4.79 Å². The molecule has 0 saturated heterocycles. The number of amides is 1. The van der Waals surface area contributed by atoms with Crippen molar-refractivity contribution < 1.29 is 4.79 Å². The topological polar surface area (TPSA) is 70.9 Å². The largest absolute Gasteiger partial charge is 0.361 e. The number of nitrogens with two attached hydrogens (primary N) is 1. The van der Waals surface area contributed by atoms with Gasteiger partial charge in [0.05, 0.1) is 6.04 Å². The fourth-order valence-electron chi connectivity index (χ4n) is 2.45. The van der Waals surface area contributed by atoms with Gasteiger partial charge in [0, 0.05) is 23.6 Å². The van der Waals surface area contributed by atoms with Gasteiger partial charge in [0.2, 0.25) is 5.91 Å². The molecule has 1 fully saturated rings. The molecule has 1 heterocycles. The van der Waals surface area contributed by atoms with Crippen LogP contribution in [0.4, 0.5) is 0 Å². The van der Waals surface area contributed by atoms with Crippen molar-refractivity contribution in [3.8, 4) is 0 Å². The van der Waals surface area contributed by atoms with Crippen molar-refractivity contribution in [3.63, 3.8) is 0 Å². The fraction of sp³-hybridized carbons (Fsp3) is 0.438. The van der Waals surface area contributed by atoms with Gasteiger partial charge < -0.3 is 16.0 Å². The lowest BCUT2D eigenvalue weighted by Crippen LogP contribution is -2.43. The summed E-state index contributed by atoms with van der Waals surface area (Å²) in [6, 6.07) is 7.58. The molecule has 3 rings (SSSR count). The van der Waals surface area contributed by atoms with Crippen LogP contribution >= 0.6 is 12.4 Å². The van der Waals surface area contributed by atoms with Crippen LogP contribution in [0, 0.1) is 5.41 Å². The summed E-state index contributed by atoms with van der Waals surface area (Å²) < 4.78 is 0. The quantitative estimate of drug-likeness (QED) is 0.793. The first-order chi connectivity index (χ1) is 9.57. The maximum absolute atomic E-state index is 12.0. The molecule has 21 heavy (non-hydrogen) atoms. The van der Waals surface area contributed by atoms with Gasteiger partial charge in [0.1, 0.15) is 0 Å². The van der Waals surface area contributed by atoms with Crippen LogP contribution in [0.1, 0.15) is 25.3 Å². The van der Waals surface area contributed by atoms with E-state index in [0.29, 0.717) is 11.8 Å². The number of rotatable bonds is 5. The number of aromatic nitrogens is 1. The monoisotopic (exact) mass is 307 g/mol. The lowest BCUT2D eigenvalue weighted by atomic mass is 10.0. The third-order valence-electron chi connectivity index (χ3n) is 4.24. The summed E-state index contributed by atoms with van der Waals surface area (Å²) in [5.41, 5.74) is 8.52. The molecule has 2 aromatic rings. The highest BCUT2D eigenvalue weighted by Gasteiger charge is 2.37. The summed E-state index contributed by atoms with van der Waals surface area (Å²) in [4.78, 5) is 15.2. The molecule has 1 aliphatic carbocycles. The highest BCUT2D eigenvalue weighted by Crippen LogP contribution is 2.44. The molecule has 5 heteroatoms. The standard InChI is InChI=1S/C16H21N3O.ClH/c1-16(6-7-16)10-19-15(20)13(17)8-11-9-18-14-5-3-2-4-12(11)14;/h2-5,9,13,18H,6-8,10,17H2,1H3,(H,19,20);1H/t13-;/m0./s1. The zero-order chi connectivity index (χ0) is 14.2. The van der Waals surface area contributed by atoms with E-state index in [1.807, 2.05) is 24.4 Å². The van der Waals surface area contributed by atoms with Gasteiger partial charge in [-0.2, -0.15) is 0 Å². The minimum Gasteiger partial charge on any atom is -0.361 e. The number of hydrogen-bond donors (Lipinski definition) is 3. The highest BCUT2D eigenvalue weighted by molar-refractivity contribution is 5.86. The highest BCUT2D eigenvalue weighted by atomic mass is 35.5. The number of aromatic amines is 1. The Morgan fingerprint density at radius 3 is 2.86 bits per heavy atom. The summed E-state index contributed by atoms with van der Waals surface area (Å²) in [5, 5.41) is 4.11. The first-order valence-electron chi connectivity index (χ1n) is 7.16. The molecule has 1 amide bonds. The third-order valence-corrected chi connectivity index (χ3v) is 4.24. The van der Waals surface area contributed by atoms with E-state index in [-0.39, 0.29) is 18.3 Å². The molecule has 1 aromatic heterocycles. The van der Waals surface area contributed by atoms with Crippen LogP contribution in [-0.2, 0) is 11.2 Å². The zero-order valence-corrected chi connectivity index (χ0v) is 13.0. The summed E-state index contributed by atoms with van der Waals surface area (Å²) in [6.07, 6.45) is 4.91. The van der Waals surface area contributed by atoms with Crippen LogP contribution in [-0.4, -0.2) is 23.5 Å². The molecule has 0 radical (unpaired) electrons. The van der Waals surface area contributed by atoms with E-state index >= 15 is 0 Å².